The van der Waals surface area contributed by atoms with Crippen LogP contribution in [0.3, 0.4) is 0 Å². The minimum atomic E-state index is -0.226. The number of nitrogens with zero attached hydrogens (tertiary/aromatic N) is 1. The fourth-order valence-corrected chi connectivity index (χ4v) is 3.53. The summed E-state index contributed by atoms with van der Waals surface area (Å²) in [7, 11) is 0. The zero-order valence-corrected chi connectivity index (χ0v) is 16.8. The molecule has 4 N–H and O–H groups in total. The minimum absolute atomic E-state index is 0.172. The molecule has 0 aliphatic carbocycles. The molecule has 0 radical (unpaired) electrons. The van der Waals surface area contributed by atoms with Gasteiger partial charge in [-0.05, 0) is 59.5 Å². The first-order valence-corrected chi connectivity index (χ1v) is 10.0. The fraction of sp³-hybridized carbons (Fsp3) is 0.167. The van der Waals surface area contributed by atoms with Gasteiger partial charge in [0.25, 0.3) is 5.91 Å². The van der Waals surface area contributed by atoms with Gasteiger partial charge < -0.3 is 25.7 Å². The smallest absolute Gasteiger partial charge is 0.322 e. The van der Waals surface area contributed by atoms with E-state index in [0.717, 1.165) is 16.7 Å². The minimum Gasteiger partial charge on any atom is -0.504 e. The topological polar surface area (TPSA) is 102 Å². The third kappa shape index (κ3) is 4.78. The van der Waals surface area contributed by atoms with E-state index in [1.807, 2.05) is 24.3 Å². The van der Waals surface area contributed by atoms with Crippen LogP contribution in [0.15, 0.2) is 66.7 Å². The maximum atomic E-state index is 12.5. The lowest BCUT2D eigenvalue weighted by Crippen LogP contribution is -2.30. The Morgan fingerprint density at radius 2 is 1.55 bits per heavy atom. The molecule has 7 nitrogen and oxygen atoms in total. The number of amides is 3. The molecule has 0 bridgehead atoms. The van der Waals surface area contributed by atoms with E-state index in [-0.39, 0.29) is 23.4 Å². The quantitative estimate of drug-likeness (QED) is 0.476. The summed E-state index contributed by atoms with van der Waals surface area (Å²) in [4.78, 5) is 26.6. The van der Waals surface area contributed by atoms with Gasteiger partial charge in [0, 0.05) is 30.9 Å². The van der Waals surface area contributed by atoms with Gasteiger partial charge in [0.15, 0.2) is 11.5 Å². The Bertz CT molecular complexity index is 1090. The molecule has 1 aliphatic heterocycles. The summed E-state index contributed by atoms with van der Waals surface area (Å²) >= 11 is 0. The van der Waals surface area contributed by atoms with Crippen LogP contribution in [0.1, 0.15) is 27.0 Å². The molecule has 0 saturated heterocycles. The Balaban J connectivity index is 1.27. The molecule has 0 spiro atoms. The molecule has 4 rings (SSSR count). The number of rotatable bonds is 5. The number of carbonyl (C=O) groups is 2. The third-order valence-electron chi connectivity index (χ3n) is 5.27. The zero-order valence-electron chi connectivity index (χ0n) is 16.8. The summed E-state index contributed by atoms with van der Waals surface area (Å²) in [5.74, 6) is -0.579. The lowest BCUT2D eigenvalue weighted by atomic mass is 10.1. The SMILES string of the molecule is O=C(NCCc1ccc(O)c(O)c1)c1ccc(NC(=O)N2Cc3ccccc3C2)cc1. The van der Waals surface area contributed by atoms with E-state index >= 15 is 0 Å². The monoisotopic (exact) mass is 417 g/mol. The average Bonchev–Trinajstić information content (AvgIpc) is 3.21. The molecule has 0 saturated carbocycles. The highest BCUT2D eigenvalue weighted by atomic mass is 16.3. The van der Waals surface area contributed by atoms with E-state index < -0.39 is 0 Å². The molecule has 1 aliphatic rings. The summed E-state index contributed by atoms with van der Waals surface area (Å²) in [6.07, 6.45) is 0.520. The molecule has 3 aromatic rings. The van der Waals surface area contributed by atoms with E-state index in [0.29, 0.717) is 37.3 Å². The van der Waals surface area contributed by atoms with Crippen LogP contribution in [0.5, 0.6) is 11.5 Å². The van der Waals surface area contributed by atoms with Gasteiger partial charge in [0.05, 0.1) is 0 Å². The molecular weight excluding hydrogens is 394 g/mol. The summed E-state index contributed by atoms with van der Waals surface area (Å²) in [5.41, 5.74) is 4.23. The van der Waals surface area contributed by atoms with Crippen molar-refractivity contribution in [2.45, 2.75) is 19.5 Å². The van der Waals surface area contributed by atoms with Crippen LogP contribution in [0.2, 0.25) is 0 Å². The van der Waals surface area contributed by atoms with E-state index in [9.17, 15) is 19.8 Å². The van der Waals surface area contributed by atoms with Crippen molar-refractivity contribution < 1.29 is 19.8 Å². The highest BCUT2D eigenvalue weighted by Crippen LogP contribution is 2.25. The van der Waals surface area contributed by atoms with Crippen LogP contribution in [-0.4, -0.2) is 33.6 Å². The van der Waals surface area contributed by atoms with Gasteiger partial charge in [-0.15, -0.1) is 0 Å². The lowest BCUT2D eigenvalue weighted by Gasteiger charge is -2.16. The molecule has 31 heavy (non-hydrogen) atoms. The number of aromatic hydroxyl groups is 2. The van der Waals surface area contributed by atoms with Crippen molar-refractivity contribution in [2.24, 2.45) is 0 Å². The maximum Gasteiger partial charge on any atom is 0.322 e. The third-order valence-corrected chi connectivity index (χ3v) is 5.27. The highest BCUT2D eigenvalue weighted by molar-refractivity contribution is 5.95. The number of benzene rings is 3. The van der Waals surface area contributed by atoms with E-state index in [1.54, 1.807) is 35.2 Å². The van der Waals surface area contributed by atoms with Crippen molar-refractivity contribution >= 4 is 17.6 Å². The van der Waals surface area contributed by atoms with Crippen LogP contribution in [0.4, 0.5) is 10.5 Å². The molecule has 1 heterocycles. The van der Waals surface area contributed by atoms with Crippen molar-refractivity contribution in [1.82, 2.24) is 10.2 Å². The summed E-state index contributed by atoms with van der Waals surface area (Å²) in [5, 5.41) is 24.5. The Labute approximate surface area is 180 Å². The molecule has 3 aromatic carbocycles. The Morgan fingerprint density at radius 3 is 2.19 bits per heavy atom. The number of hydrogen-bond acceptors (Lipinski definition) is 4. The van der Waals surface area contributed by atoms with Crippen LogP contribution in [0.25, 0.3) is 0 Å². The molecular formula is C24H23N3O4. The maximum absolute atomic E-state index is 12.5. The van der Waals surface area contributed by atoms with Gasteiger partial charge >= 0.3 is 6.03 Å². The summed E-state index contributed by atoms with van der Waals surface area (Å²) < 4.78 is 0. The van der Waals surface area contributed by atoms with E-state index in [4.69, 9.17) is 0 Å². The molecule has 0 fully saturated rings. The molecule has 7 heteroatoms. The van der Waals surface area contributed by atoms with Gasteiger partial charge in [-0.2, -0.15) is 0 Å². The summed E-state index contributed by atoms with van der Waals surface area (Å²) in [6, 6.07) is 19.1. The van der Waals surface area contributed by atoms with Crippen LogP contribution in [0, 0.1) is 0 Å². The van der Waals surface area contributed by atoms with Crippen molar-refractivity contribution in [2.75, 3.05) is 11.9 Å². The van der Waals surface area contributed by atoms with Crippen LogP contribution < -0.4 is 10.6 Å². The van der Waals surface area contributed by atoms with Gasteiger partial charge in [-0.1, -0.05) is 30.3 Å². The summed E-state index contributed by atoms with van der Waals surface area (Å²) in [6.45, 7) is 1.56. The second-order valence-corrected chi connectivity index (χ2v) is 7.46. The van der Waals surface area contributed by atoms with Crippen molar-refractivity contribution in [3.8, 4) is 11.5 Å². The first-order chi connectivity index (χ1) is 15.0. The number of fused-ring (bicyclic) bond motifs is 1. The standard InChI is InChI=1S/C24H23N3O4/c28-21-10-5-16(13-22(21)29)11-12-25-23(30)17-6-8-20(9-7-17)26-24(31)27-14-18-3-1-2-4-19(18)15-27/h1-10,13,28-29H,11-12,14-15H2,(H,25,30)(H,26,31). The molecule has 3 amide bonds. The molecule has 158 valence electrons. The van der Waals surface area contributed by atoms with Crippen molar-refractivity contribution in [3.05, 3.63) is 89.0 Å². The average molecular weight is 417 g/mol. The van der Waals surface area contributed by atoms with Crippen LogP contribution in [-0.2, 0) is 19.5 Å². The Hall–Kier alpha value is -4.00. The van der Waals surface area contributed by atoms with Gasteiger partial charge in [-0.25, -0.2) is 4.79 Å². The number of nitrogens with one attached hydrogen (secondary N) is 2. The second kappa shape index (κ2) is 8.79. The fourth-order valence-electron chi connectivity index (χ4n) is 3.53. The molecule has 0 unspecified atom stereocenters. The Kier molecular flexibility index (Phi) is 5.75. The number of hydrogen-bond donors (Lipinski definition) is 4. The Morgan fingerprint density at radius 1 is 0.871 bits per heavy atom. The van der Waals surface area contributed by atoms with Crippen LogP contribution >= 0.6 is 0 Å². The number of phenolic OH excluding ortho intramolecular Hbond substituents is 2. The number of urea groups is 1. The van der Waals surface area contributed by atoms with E-state index in [2.05, 4.69) is 10.6 Å². The predicted octanol–water partition coefficient (Wildman–Crippen LogP) is 3.62. The number of carbonyl (C=O) groups excluding carboxylic acids is 2. The molecule has 0 aromatic heterocycles. The van der Waals surface area contributed by atoms with Crippen molar-refractivity contribution in [3.63, 3.8) is 0 Å². The predicted molar refractivity (Wildman–Crippen MR) is 117 cm³/mol. The second-order valence-electron chi connectivity index (χ2n) is 7.46. The first-order valence-electron chi connectivity index (χ1n) is 10.0. The van der Waals surface area contributed by atoms with Gasteiger partial charge in [0.2, 0.25) is 0 Å². The van der Waals surface area contributed by atoms with Crippen molar-refractivity contribution in [1.29, 1.82) is 0 Å². The molecule has 0 atom stereocenters. The zero-order chi connectivity index (χ0) is 21.8. The lowest BCUT2D eigenvalue weighted by molar-refractivity contribution is 0.0954. The van der Waals surface area contributed by atoms with E-state index in [1.165, 1.54) is 12.1 Å². The largest absolute Gasteiger partial charge is 0.504 e. The van der Waals surface area contributed by atoms with Gasteiger partial charge in [0.1, 0.15) is 0 Å². The number of anilines is 1. The first kappa shape index (κ1) is 20.3. The van der Waals surface area contributed by atoms with Gasteiger partial charge in [-0.3, -0.25) is 4.79 Å². The normalized spacial score (nSPS) is 12.3. The number of phenols is 2. The highest BCUT2D eigenvalue weighted by Gasteiger charge is 2.22.